The van der Waals surface area contributed by atoms with Crippen LogP contribution < -0.4 is 0 Å². The fourth-order valence-electron chi connectivity index (χ4n) is 20.6. The molecule has 101 heavy (non-hydrogen) atoms. The second kappa shape index (κ2) is 41.9. The molecule has 8 rings (SSSR count). The van der Waals surface area contributed by atoms with Crippen LogP contribution in [0.3, 0.4) is 0 Å². The SMILES string of the molecule is C[SiH](C)C1(C)CCCCCCCCCC(C)([N-]C2C=CC=C2)C1(C)C.C[SiH](C)C1(C)CCCCCCCCCC(C)([N-]C2C=CC=C2)C1(C)C.C[SiH](C)C1(C)CCCCCCCCCC(C)([N-]C2C=CC=C2)C1(C)C.C[SiH](C)C1(C)CCCCCCCCCC(C)([N-]C2C=CC=C2)C1(C)C.[Ti+4]. The number of hydrogen-bond acceptors (Lipinski definition) is 0. The van der Waals surface area contributed by atoms with Crippen LogP contribution in [0.25, 0.3) is 21.3 Å². The molecule has 8 atom stereocenters. The Balaban J connectivity index is 0.000000285. The summed E-state index contributed by atoms with van der Waals surface area (Å²) in [6.45, 7) is 61.4. The Morgan fingerprint density at radius 3 is 0.446 bits per heavy atom. The summed E-state index contributed by atoms with van der Waals surface area (Å²) in [4.78, 5) is 0. The van der Waals surface area contributed by atoms with Crippen LogP contribution in [-0.4, -0.2) is 81.5 Å². The van der Waals surface area contributed by atoms with Gasteiger partial charge in [-0.15, -0.1) is 22.2 Å². The molecule has 0 bridgehead atoms. The summed E-state index contributed by atoms with van der Waals surface area (Å²) in [7, 11) is -3.31. The molecule has 0 N–H and O–H groups in total. The van der Waals surface area contributed by atoms with Gasteiger partial charge in [0.1, 0.15) is 0 Å². The molecule has 0 aliphatic heterocycles. The van der Waals surface area contributed by atoms with Crippen molar-refractivity contribution in [3.8, 4) is 0 Å². The van der Waals surface area contributed by atoms with E-state index in [1.54, 1.807) is 0 Å². The third-order valence-corrected chi connectivity index (χ3v) is 46.5. The van der Waals surface area contributed by atoms with Crippen molar-refractivity contribution >= 4 is 35.2 Å². The third kappa shape index (κ3) is 23.7. The van der Waals surface area contributed by atoms with Crippen LogP contribution in [0.1, 0.15) is 342 Å². The maximum atomic E-state index is 5.47. The van der Waals surface area contributed by atoms with Crippen molar-refractivity contribution in [2.75, 3.05) is 0 Å². The van der Waals surface area contributed by atoms with Gasteiger partial charge in [0.15, 0.2) is 0 Å². The summed E-state index contributed by atoms with van der Waals surface area (Å²) in [6, 6.07) is 1.15. The van der Waals surface area contributed by atoms with Crippen LogP contribution in [0, 0.1) is 21.7 Å². The van der Waals surface area contributed by atoms with E-state index < -0.39 is 35.2 Å². The first kappa shape index (κ1) is 92.7. The number of hydrogen-bond donors (Lipinski definition) is 0. The minimum absolute atomic E-state index is 0. The molecule has 0 radical (unpaired) electrons. The van der Waals surface area contributed by atoms with E-state index in [1.807, 2.05) is 0 Å². The van der Waals surface area contributed by atoms with Gasteiger partial charge in [0, 0.05) is 35.2 Å². The van der Waals surface area contributed by atoms with E-state index >= 15 is 0 Å². The molecule has 0 aromatic carbocycles. The quantitative estimate of drug-likeness (QED) is 0.175. The molecule has 8 aliphatic carbocycles. The largest absolute Gasteiger partial charge is 4.00 e. The summed E-state index contributed by atoms with van der Waals surface area (Å²) >= 11 is 0. The first-order chi connectivity index (χ1) is 46.9. The van der Waals surface area contributed by atoms with Gasteiger partial charge >= 0.3 is 21.7 Å². The van der Waals surface area contributed by atoms with Crippen LogP contribution >= 0.6 is 0 Å². The first-order valence-corrected chi connectivity index (χ1v) is 54.7. The van der Waals surface area contributed by atoms with Crippen molar-refractivity contribution in [2.24, 2.45) is 21.7 Å². The summed E-state index contributed by atoms with van der Waals surface area (Å²) < 4.78 is 0. The van der Waals surface area contributed by atoms with Gasteiger partial charge < -0.3 is 21.3 Å². The minimum atomic E-state index is -0.827. The number of allylic oxidation sites excluding steroid dienone is 8. The molecule has 4 fully saturated rings. The summed E-state index contributed by atoms with van der Waals surface area (Å²) in [5.41, 5.74) is 1.19. The van der Waals surface area contributed by atoms with Crippen LogP contribution in [0.15, 0.2) is 97.2 Å². The molecule has 0 amide bonds. The monoisotopic (exact) mass is 1490 g/mol. The van der Waals surface area contributed by atoms with Crippen LogP contribution in [0.5, 0.6) is 0 Å². The molecular formula is C92H168N4Si4Ti. The Bertz CT molecular complexity index is 2230. The molecule has 0 aromatic rings. The Labute approximate surface area is 653 Å². The van der Waals surface area contributed by atoms with E-state index in [0.717, 1.165) is 0 Å². The summed E-state index contributed by atoms with van der Waals surface area (Å²) in [5.74, 6) is 0. The predicted octanol–water partition coefficient (Wildman–Crippen LogP) is 29.6. The molecule has 576 valence electrons. The summed E-state index contributed by atoms with van der Waals surface area (Å²) in [5, 5.41) is 23.7. The van der Waals surface area contributed by atoms with Gasteiger partial charge in [0.05, 0.1) is 0 Å². The summed E-state index contributed by atoms with van der Waals surface area (Å²) in [6.07, 6.45) is 85.3. The van der Waals surface area contributed by atoms with Crippen molar-refractivity contribution in [1.29, 1.82) is 0 Å². The maximum absolute atomic E-state index is 5.47. The van der Waals surface area contributed by atoms with Crippen LogP contribution in [0.2, 0.25) is 72.5 Å². The zero-order valence-electron chi connectivity index (χ0n) is 71.6. The van der Waals surface area contributed by atoms with Crippen molar-refractivity contribution in [3.63, 3.8) is 0 Å². The molecular weight excluding hydrogens is 1320 g/mol. The first-order valence-electron chi connectivity index (χ1n) is 43.2. The van der Waals surface area contributed by atoms with E-state index in [1.165, 1.54) is 231 Å². The Morgan fingerprint density at radius 1 is 0.198 bits per heavy atom. The maximum Gasteiger partial charge on any atom is 4.00 e. The fraction of sp³-hybridized carbons (Fsp3) is 0.826. The van der Waals surface area contributed by atoms with Gasteiger partial charge in [0.2, 0.25) is 0 Å². The fourth-order valence-corrected chi connectivity index (χ4v) is 30.8. The number of rotatable bonds is 12. The Morgan fingerprint density at radius 2 is 0.317 bits per heavy atom. The van der Waals surface area contributed by atoms with E-state index in [4.69, 9.17) is 21.3 Å². The van der Waals surface area contributed by atoms with E-state index in [9.17, 15) is 0 Å². The molecule has 0 heterocycles. The van der Waals surface area contributed by atoms with Gasteiger partial charge in [-0.1, -0.05) is 516 Å². The van der Waals surface area contributed by atoms with Gasteiger partial charge in [-0.25, -0.2) is 0 Å². The molecule has 0 aromatic heterocycles. The zero-order valence-corrected chi connectivity index (χ0v) is 77.8. The van der Waals surface area contributed by atoms with Gasteiger partial charge in [-0.05, 0) is 41.8 Å². The van der Waals surface area contributed by atoms with Gasteiger partial charge in [-0.3, -0.25) is 0 Å². The normalized spacial score (nSPS) is 34.5. The van der Waals surface area contributed by atoms with Crippen molar-refractivity contribution in [2.45, 2.75) is 461 Å². The van der Waals surface area contributed by atoms with Crippen molar-refractivity contribution in [3.05, 3.63) is 118 Å². The van der Waals surface area contributed by atoms with Crippen molar-refractivity contribution in [1.82, 2.24) is 0 Å². The molecule has 4 nitrogen and oxygen atoms in total. The molecule has 8 aliphatic rings. The standard InChI is InChI=1S/4C23H42NSi.Ti/c4*1-21(2)22(3,24-20-16-12-13-17-20)18-14-10-8-7-9-11-15-19-23(21,4)25(5)6;/h4*12-13,16-17,20,25H,7-11,14-15,18-19H2,1-6H3;/q4*-1;+4. The average Bonchev–Trinajstić information content (AvgIpc) is 1.07. The van der Waals surface area contributed by atoms with Crippen LogP contribution in [-0.2, 0) is 21.7 Å². The second-order valence-electron chi connectivity index (χ2n) is 39.3. The van der Waals surface area contributed by atoms with E-state index in [0.29, 0.717) is 20.2 Å². The molecule has 4 saturated carbocycles. The van der Waals surface area contributed by atoms with E-state index in [-0.39, 0.29) is 89.7 Å². The number of nitrogens with zero attached hydrogens (tertiary/aromatic N) is 4. The van der Waals surface area contributed by atoms with E-state index in [2.05, 4.69) is 260 Å². The molecule has 8 unspecified atom stereocenters. The smallest absolute Gasteiger partial charge is 0.647 e. The topological polar surface area (TPSA) is 56.4 Å². The Kier molecular flexibility index (Phi) is 38.5. The molecule has 0 saturated heterocycles. The third-order valence-electron chi connectivity index (χ3n) is 32.3. The predicted molar refractivity (Wildman–Crippen MR) is 466 cm³/mol. The molecule has 9 heteroatoms. The molecule has 0 spiro atoms. The van der Waals surface area contributed by atoms with Gasteiger partial charge in [-0.2, -0.15) is 0 Å². The van der Waals surface area contributed by atoms with Crippen molar-refractivity contribution < 1.29 is 21.7 Å². The second-order valence-corrected chi connectivity index (χ2v) is 53.7. The van der Waals surface area contributed by atoms with Gasteiger partial charge in [0.25, 0.3) is 0 Å². The minimum Gasteiger partial charge on any atom is -0.647 e. The zero-order chi connectivity index (χ0) is 74.2. The average molecular weight is 1490 g/mol. The Hall–Kier alpha value is -0.658. The van der Waals surface area contributed by atoms with Crippen LogP contribution in [0.4, 0.5) is 0 Å².